The second-order valence-corrected chi connectivity index (χ2v) is 9.55. The van der Waals surface area contributed by atoms with Crippen LogP contribution in [0.25, 0.3) is 0 Å². The second-order valence-electron chi connectivity index (χ2n) is 8.09. The molecule has 1 spiro atoms. The average molecular weight is 424 g/mol. The number of carbonyl (C=O) groups is 2. The summed E-state index contributed by atoms with van der Waals surface area (Å²) >= 11 is 1.87. The number of piperidine rings is 1. The van der Waals surface area contributed by atoms with Crippen LogP contribution >= 0.6 is 11.8 Å². The monoisotopic (exact) mass is 423 g/mol. The molecule has 2 aromatic carbocycles. The number of amides is 3. The lowest BCUT2D eigenvalue weighted by atomic mass is 10.0. The minimum absolute atomic E-state index is 0.0579. The second kappa shape index (κ2) is 8.72. The quantitative estimate of drug-likeness (QED) is 0.774. The van der Waals surface area contributed by atoms with Gasteiger partial charge >= 0.3 is 6.03 Å². The van der Waals surface area contributed by atoms with Gasteiger partial charge in [-0.05, 0) is 56.0 Å². The molecule has 2 aliphatic heterocycles. The minimum atomic E-state index is -0.194. The fourth-order valence-electron chi connectivity index (χ4n) is 4.29. The Kier molecular flexibility index (Phi) is 6.04. The van der Waals surface area contributed by atoms with Gasteiger partial charge in [0.15, 0.2) is 0 Å². The molecule has 5 nitrogen and oxygen atoms in total. The largest absolute Gasteiger partial charge is 0.324 e. The van der Waals surface area contributed by atoms with Gasteiger partial charge in [-0.3, -0.25) is 4.79 Å². The normalized spacial score (nSPS) is 17.9. The number of aryl methyl sites for hydroxylation is 2. The molecule has 0 unspecified atom stereocenters. The van der Waals surface area contributed by atoms with E-state index in [0.717, 1.165) is 48.4 Å². The van der Waals surface area contributed by atoms with Crippen LogP contribution in [0.1, 0.15) is 41.3 Å². The number of nitrogens with zero attached hydrogens (tertiary/aromatic N) is 2. The standard InChI is InChI=1S/C24H29N3O2S/c1-3-19-5-4-6-21(17-19)25-23(29)26-13-11-24(12-14-26)27(15-16-30-24)22(28)20-9-7-18(2)8-10-20/h4-10,17H,3,11-16H2,1-2H3,(H,25,29). The van der Waals surface area contributed by atoms with Crippen LogP contribution in [-0.2, 0) is 6.42 Å². The van der Waals surface area contributed by atoms with E-state index in [0.29, 0.717) is 13.1 Å². The van der Waals surface area contributed by atoms with E-state index in [1.807, 2.05) is 71.0 Å². The van der Waals surface area contributed by atoms with Crippen LogP contribution in [0.4, 0.5) is 10.5 Å². The number of likely N-dealkylation sites (tertiary alicyclic amines) is 1. The summed E-state index contributed by atoms with van der Waals surface area (Å²) < 4.78 is 0. The molecule has 2 heterocycles. The van der Waals surface area contributed by atoms with Gasteiger partial charge in [0.25, 0.3) is 5.91 Å². The van der Waals surface area contributed by atoms with Crippen molar-refractivity contribution >= 4 is 29.4 Å². The fourth-order valence-corrected chi connectivity index (χ4v) is 5.75. The highest BCUT2D eigenvalue weighted by molar-refractivity contribution is 8.00. The van der Waals surface area contributed by atoms with Gasteiger partial charge in [0.05, 0.1) is 4.87 Å². The fraction of sp³-hybridized carbons (Fsp3) is 0.417. The summed E-state index contributed by atoms with van der Waals surface area (Å²) in [5.74, 6) is 1.06. The molecule has 0 bridgehead atoms. The van der Waals surface area contributed by atoms with Crippen LogP contribution < -0.4 is 5.32 Å². The molecule has 6 heteroatoms. The first-order valence-electron chi connectivity index (χ1n) is 10.7. The maximum atomic E-state index is 13.2. The Morgan fingerprint density at radius 1 is 1.07 bits per heavy atom. The zero-order valence-corrected chi connectivity index (χ0v) is 18.5. The van der Waals surface area contributed by atoms with Crippen LogP contribution in [0.5, 0.6) is 0 Å². The number of thioether (sulfide) groups is 1. The maximum Gasteiger partial charge on any atom is 0.321 e. The molecule has 4 rings (SSSR count). The highest BCUT2D eigenvalue weighted by atomic mass is 32.2. The number of nitrogens with one attached hydrogen (secondary N) is 1. The van der Waals surface area contributed by atoms with Crippen LogP contribution in [0.2, 0.25) is 0 Å². The summed E-state index contributed by atoms with van der Waals surface area (Å²) in [7, 11) is 0. The Morgan fingerprint density at radius 2 is 1.80 bits per heavy atom. The molecule has 0 atom stereocenters. The van der Waals surface area contributed by atoms with Crippen molar-refractivity contribution in [3.63, 3.8) is 0 Å². The molecular formula is C24H29N3O2S. The van der Waals surface area contributed by atoms with Crippen molar-refractivity contribution in [1.29, 1.82) is 0 Å². The summed E-state index contributed by atoms with van der Waals surface area (Å²) in [6, 6.07) is 15.8. The molecule has 30 heavy (non-hydrogen) atoms. The van der Waals surface area contributed by atoms with Gasteiger partial charge in [-0.2, -0.15) is 0 Å². The lowest BCUT2D eigenvalue weighted by Crippen LogP contribution is -2.54. The first-order valence-corrected chi connectivity index (χ1v) is 11.7. The van der Waals surface area contributed by atoms with E-state index < -0.39 is 0 Å². The van der Waals surface area contributed by atoms with E-state index in [-0.39, 0.29) is 16.8 Å². The number of urea groups is 1. The van der Waals surface area contributed by atoms with Gasteiger partial charge in [0.1, 0.15) is 0 Å². The highest BCUT2D eigenvalue weighted by Crippen LogP contribution is 2.44. The number of hydrogen-bond acceptors (Lipinski definition) is 3. The Balaban J connectivity index is 1.40. The molecule has 3 amide bonds. The van der Waals surface area contributed by atoms with E-state index in [2.05, 4.69) is 18.3 Å². The predicted molar refractivity (Wildman–Crippen MR) is 123 cm³/mol. The van der Waals surface area contributed by atoms with Crippen LogP contribution in [0.15, 0.2) is 48.5 Å². The topological polar surface area (TPSA) is 52.7 Å². The first-order chi connectivity index (χ1) is 14.5. The lowest BCUT2D eigenvalue weighted by molar-refractivity contribution is 0.0585. The molecule has 0 saturated carbocycles. The number of anilines is 1. The summed E-state index contributed by atoms with van der Waals surface area (Å²) in [5, 5.41) is 3.03. The molecule has 1 N–H and O–H groups in total. The van der Waals surface area contributed by atoms with Crippen LogP contribution in [0, 0.1) is 6.92 Å². The number of carbonyl (C=O) groups excluding carboxylic acids is 2. The van der Waals surface area contributed by atoms with E-state index in [4.69, 9.17) is 0 Å². The SMILES string of the molecule is CCc1cccc(NC(=O)N2CCC3(CC2)SCCN3C(=O)c2ccc(C)cc2)c1. The Bertz CT molecular complexity index is 920. The summed E-state index contributed by atoms with van der Waals surface area (Å²) in [6.45, 7) is 6.22. The Morgan fingerprint density at radius 3 is 2.50 bits per heavy atom. The summed E-state index contributed by atoms with van der Waals surface area (Å²) in [4.78, 5) is 29.7. The third kappa shape index (κ3) is 4.19. The third-order valence-electron chi connectivity index (χ3n) is 6.14. The molecule has 2 fully saturated rings. The van der Waals surface area contributed by atoms with Crippen molar-refractivity contribution in [3.8, 4) is 0 Å². The van der Waals surface area contributed by atoms with E-state index in [1.54, 1.807) is 0 Å². The molecule has 0 aromatic heterocycles. The molecule has 2 saturated heterocycles. The van der Waals surface area contributed by atoms with E-state index in [1.165, 1.54) is 5.56 Å². The highest BCUT2D eigenvalue weighted by Gasteiger charge is 2.47. The van der Waals surface area contributed by atoms with Gasteiger partial charge in [-0.25, -0.2) is 4.79 Å². The lowest BCUT2D eigenvalue weighted by Gasteiger charge is -2.44. The van der Waals surface area contributed by atoms with Crippen LogP contribution in [0.3, 0.4) is 0 Å². The number of benzene rings is 2. The summed E-state index contributed by atoms with van der Waals surface area (Å²) in [6.07, 6.45) is 2.55. The van der Waals surface area contributed by atoms with Gasteiger partial charge < -0.3 is 15.1 Å². The zero-order chi connectivity index (χ0) is 21.1. The molecule has 0 radical (unpaired) electrons. The molecular weight excluding hydrogens is 394 g/mol. The molecule has 0 aliphatic carbocycles. The Labute approximate surface area is 182 Å². The summed E-state index contributed by atoms with van der Waals surface area (Å²) in [5.41, 5.74) is 3.95. The van der Waals surface area contributed by atoms with Gasteiger partial charge in [0.2, 0.25) is 0 Å². The van der Waals surface area contributed by atoms with Gasteiger partial charge in [0, 0.05) is 36.6 Å². The predicted octanol–water partition coefficient (Wildman–Crippen LogP) is 4.77. The maximum absolute atomic E-state index is 13.2. The van der Waals surface area contributed by atoms with Crippen molar-refractivity contribution in [2.45, 2.75) is 38.0 Å². The molecule has 158 valence electrons. The first kappa shape index (κ1) is 20.8. The van der Waals surface area contributed by atoms with Crippen molar-refractivity contribution in [1.82, 2.24) is 9.80 Å². The van der Waals surface area contributed by atoms with Crippen molar-refractivity contribution < 1.29 is 9.59 Å². The molecule has 2 aliphatic rings. The number of rotatable bonds is 3. The molecule has 2 aromatic rings. The van der Waals surface area contributed by atoms with Crippen molar-refractivity contribution in [3.05, 3.63) is 65.2 Å². The van der Waals surface area contributed by atoms with E-state index in [9.17, 15) is 9.59 Å². The van der Waals surface area contributed by atoms with Gasteiger partial charge in [-0.15, -0.1) is 11.8 Å². The van der Waals surface area contributed by atoms with E-state index >= 15 is 0 Å². The third-order valence-corrected chi connectivity index (χ3v) is 7.69. The van der Waals surface area contributed by atoms with Crippen molar-refractivity contribution in [2.75, 3.05) is 30.7 Å². The minimum Gasteiger partial charge on any atom is -0.324 e. The van der Waals surface area contributed by atoms with Crippen LogP contribution in [-0.4, -0.2) is 52.0 Å². The van der Waals surface area contributed by atoms with Crippen molar-refractivity contribution in [2.24, 2.45) is 0 Å². The smallest absolute Gasteiger partial charge is 0.321 e. The average Bonchev–Trinajstić information content (AvgIpc) is 3.17. The number of hydrogen-bond donors (Lipinski definition) is 1. The Hall–Kier alpha value is -2.47. The van der Waals surface area contributed by atoms with Gasteiger partial charge in [-0.1, -0.05) is 36.8 Å². The zero-order valence-electron chi connectivity index (χ0n) is 17.7.